The zero-order valence-corrected chi connectivity index (χ0v) is 17.5. The highest BCUT2D eigenvalue weighted by molar-refractivity contribution is 7.14. The number of hydrogen-bond acceptors (Lipinski definition) is 6. The zero-order chi connectivity index (χ0) is 17.2. The van der Waals surface area contributed by atoms with Gasteiger partial charge in [0.05, 0.1) is 17.0 Å². The Labute approximate surface area is 173 Å². The number of rotatable bonds is 5. The second-order valence-electron chi connectivity index (χ2n) is 6.33. The number of carbonyl (C=O) groups excluding carboxylic acids is 2. The maximum absolute atomic E-state index is 12.4. The summed E-state index contributed by atoms with van der Waals surface area (Å²) < 4.78 is 0. The Morgan fingerprint density at radius 2 is 2.15 bits per heavy atom. The Hall–Kier alpha value is -1.19. The highest BCUT2D eigenvalue weighted by Gasteiger charge is 2.34. The van der Waals surface area contributed by atoms with Gasteiger partial charge < -0.3 is 10.6 Å². The molecule has 0 radical (unpaired) electrons. The fraction of sp³-hybridized carbons (Fsp3) is 0.438. The van der Waals surface area contributed by atoms with Gasteiger partial charge >= 0.3 is 0 Å². The predicted octanol–water partition coefficient (Wildman–Crippen LogP) is 3.04. The summed E-state index contributed by atoms with van der Waals surface area (Å²) in [4.78, 5) is 31.2. The largest absolute Gasteiger partial charge is 0.342 e. The number of nitrogens with zero attached hydrogens (tertiary/aromatic N) is 2. The predicted molar refractivity (Wildman–Crippen MR) is 111 cm³/mol. The first-order valence-electron chi connectivity index (χ1n) is 7.76. The van der Waals surface area contributed by atoms with Gasteiger partial charge in [-0.25, -0.2) is 4.98 Å². The molecule has 3 rings (SSSR count). The number of nitrogens with two attached hydrogens (primary N) is 1. The van der Waals surface area contributed by atoms with Crippen molar-refractivity contribution in [1.82, 2.24) is 9.88 Å². The maximum atomic E-state index is 12.4. The SMILES string of the molecule is CC1(CN)CCN(C(=O)Cc2csc(NC(=O)c3cccs3)n2)C1.Cl.Cl. The van der Waals surface area contributed by atoms with E-state index in [4.69, 9.17) is 5.73 Å². The molecule has 1 fully saturated rings. The normalized spacial score (nSPS) is 18.8. The van der Waals surface area contributed by atoms with E-state index in [-0.39, 0.29) is 48.5 Å². The topological polar surface area (TPSA) is 88.3 Å². The molecule has 3 heterocycles. The lowest BCUT2D eigenvalue weighted by Gasteiger charge is -2.22. The quantitative estimate of drug-likeness (QED) is 0.753. The molecule has 0 spiro atoms. The summed E-state index contributed by atoms with van der Waals surface area (Å²) in [5.74, 6) is -0.107. The van der Waals surface area contributed by atoms with Gasteiger partial charge in [0.1, 0.15) is 0 Å². The lowest BCUT2D eigenvalue weighted by Crippen LogP contribution is -2.35. The van der Waals surface area contributed by atoms with Gasteiger partial charge in [-0.3, -0.25) is 14.9 Å². The molecule has 6 nitrogen and oxygen atoms in total. The molecule has 1 aliphatic rings. The molecule has 1 aliphatic heterocycles. The van der Waals surface area contributed by atoms with Gasteiger partial charge in [0.25, 0.3) is 5.91 Å². The molecule has 0 bridgehead atoms. The summed E-state index contributed by atoms with van der Waals surface area (Å²) in [5.41, 5.74) is 6.50. The van der Waals surface area contributed by atoms with Crippen LogP contribution in [0.15, 0.2) is 22.9 Å². The highest BCUT2D eigenvalue weighted by atomic mass is 35.5. The summed E-state index contributed by atoms with van der Waals surface area (Å²) >= 11 is 2.72. The maximum Gasteiger partial charge on any atom is 0.267 e. The molecule has 1 unspecified atom stereocenters. The first kappa shape index (κ1) is 22.9. The van der Waals surface area contributed by atoms with Crippen molar-refractivity contribution in [2.24, 2.45) is 11.1 Å². The average Bonchev–Trinajstić information content (AvgIpc) is 3.28. The monoisotopic (exact) mass is 436 g/mol. The second kappa shape index (κ2) is 9.66. The van der Waals surface area contributed by atoms with Crippen LogP contribution in [-0.2, 0) is 11.2 Å². The van der Waals surface area contributed by atoms with Gasteiger partial charge in [-0.1, -0.05) is 13.0 Å². The minimum absolute atomic E-state index is 0. The van der Waals surface area contributed by atoms with Crippen LogP contribution >= 0.6 is 47.5 Å². The van der Waals surface area contributed by atoms with E-state index in [2.05, 4.69) is 17.2 Å². The van der Waals surface area contributed by atoms with Crippen LogP contribution in [0.2, 0.25) is 0 Å². The van der Waals surface area contributed by atoms with E-state index in [1.807, 2.05) is 21.7 Å². The number of hydrogen-bond donors (Lipinski definition) is 2. The van der Waals surface area contributed by atoms with Crippen LogP contribution in [0.25, 0.3) is 0 Å². The number of aromatic nitrogens is 1. The number of nitrogens with one attached hydrogen (secondary N) is 1. The van der Waals surface area contributed by atoms with Gasteiger partial charge in [0, 0.05) is 18.5 Å². The van der Waals surface area contributed by atoms with Crippen molar-refractivity contribution in [2.75, 3.05) is 25.0 Å². The molecule has 10 heteroatoms. The van der Waals surface area contributed by atoms with E-state index in [0.717, 1.165) is 13.0 Å². The number of anilines is 1. The Balaban J connectivity index is 0.00000169. The van der Waals surface area contributed by atoms with Crippen molar-refractivity contribution < 1.29 is 9.59 Å². The first-order valence-corrected chi connectivity index (χ1v) is 9.52. The molecule has 0 saturated carbocycles. The molecule has 0 aliphatic carbocycles. The third-order valence-electron chi connectivity index (χ3n) is 4.25. The van der Waals surface area contributed by atoms with Gasteiger partial charge in [-0.2, -0.15) is 0 Å². The lowest BCUT2D eigenvalue weighted by atomic mass is 9.90. The summed E-state index contributed by atoms with van der Waals surface area (Å²) in [6.45, 7) is 4.15. The van der Waals surface area contributed by atoms with Crippen LogP contribution in [-0.4, -0.2) is 41.3 Å². The van der Waals surface area contributed by atoms with E-state index in [0.29, 0.717) is 28.8 Å². The van der Waals surface area contributed by atoms with Gasteiger partial charge in [-0.05, 0) is 29.8 Å². The fourth-order valence-corrected chi connectivity index (χ4v) is 4.01. The molecule has 2 amide bonds. The highest BCUT2D eigenvalue weighted by Crippen LogP contribution is 2.29. The molecule has 0 aromatic carbocycles. The number of thiazole rings is 1. The molecule has 1 atom stereocenters. The van der Waals surface area contributed by atoms with Crippen LogP contribution in [0.4, 0.5) is 5.13 Å². The Morgan fingerprint density at radius 3 is 2.77 bits per heavy atom. The van der Waals surface area contributed by atoms with Gasteiger partial charge in [-0.15, -0.1) is 47.5 Å². The minimum Gasteiger partial charge on any atom is -0.342 e. The summed E-state index contributed by atoms with van der Waals surface area (Å²) in [7, 11) is 0. The summed E-state index contributed by atoms with van der Waals surface area (Å²) in [6, 6.07) is 3.59. The molecular weight excluding hydrogens is 415 g/mol. The summed E-state index contributed by atoms with van der Waals surface area (Å²) in [5, 5.41) is 6.96. The molecule has 1 saturated heterocycles. The molecule has 26 heavy (non-hydrogen) atoms. The van der Waals surface area contributed by atoms with Gasteiger partial charge in [0.15, 0.2) is 5.13 Å². The second-order valence-corrected chi connectivity index (χ2v) is 8.14. The van der Waals surface area contributed by atoms with E-state index >= 15 is 0 Å². The van der Waals surface area contributed by atoms with Crippen molar-refractivity contribution in [2.45, 2.75) is 19.8 Å². The number of amides is 2. The van der Waals surface area contributed by atoms with Gasteiger partial charge in [0.2, 0.25) is 5.91 Å². The van der Waals surface area contributed by atoms with Crippen LogP contribution in [0.3, 0.4) is 0 Å². The Morgan fingerprint density at radius 1 is 1.38 bits per heavy atom. The van der Waals surface area contributed by atoms with E-state index < -0.39 is 0 Å². The Bertz CT molecular complexity index is 738. The third-order valence-corrected chi connectivity index (χ3v) is 5.93. The Kier molecular flexibility index (Phi) is 8.49. The average molecular weight is 437 g/mol. The number of halogens is 2. The molecular formula is C16H22Cl2N4O2S2. The standard InChI is InChI=1S/C16H20N4O2S2.2ClH/c1-16(9-17)4-5-20(10-16)13(21)7-11-8-24-15(18-11)19-14(22)12-3-2-6-23-12;;/h2-3,6,8H,4-5,7,9-10,17H2,1H3,(H,18,19,22);2*1H. The van der Waals surface area contributed by atoms with Crippen LogP contribution < -0.4 is 11.1 Å². The fourth-order valence-electron chi connectivity index (χ4n) is 2.68. The molecule has 3 N–H and O–H groups in total. The number of likely N-dealkylation sites (tertiary alicyclic amines) is 1. The lowest BCUT2D eigenvalue weighted by molar-refractivity contribution is -0.129. The smallest absolute Gasteiger partial charge is 0.267 e. The molecule has 2 aromatic rings. The number of thiophene rings is 1. The van der Waals surface area contributed by atoms with Crippen LogP contribution in [0.1, 0.15) is 28.7 Å². The number of carbonyl (C=O) groups is 2. The summed E-state index contributed by atoms with van der Waals surface area (Å²) in [6.07, 6.45) is 1.19. The van der Waals surface area contributed by atoms with E-state index in [1.54, 1.807) is 6.07 Å². The van der Waals surface area contributed by atoms with E-state index in [9.17, 15) is 9.59 Å². The zero-order valence-electron chi connectivity index (χ0n) is 14.3. The van der Waals surface area contributed by atoms with Crippen LogP contribution in [0.5, 0.6) is 0 Å². The third kappa shape index (κ3) is 5.40. The molecule has 2 aromatic heterocycles. The van der Waals surface area contributed by atoms with Crippen molar-refractivity contribution in [3.8, 4) is 0 Å². The molecule has 144 valence electrons. The first-order chi connectivity index (χ1) is 11.5. The van der Waals surface area contributed by atoms with E-state index in [1.165, 1.54) is 22.7 Å². The van der Waals surface area contributed by atoms with Crippen molar-refractivity contribution >= 4 is 64.4 Å². The van der Waals surface area contributed by atoms with Crippen molar-refractivity contribution in [1.29, 1.82) is 0 Å². The van der Waals surface area contributed by atoms with Crippen LogP contribution in [0, 0.1) is 5.41 Å². The van der Waals surface area contributed by atoms with Crippen molar-refractivity contribution in [3.63, 3.8) is 0 Å². The minimum atomic E-state index is -0.171. The van der Waals surface area contributed by atoms with Crippen molar-refractivity contribution in [3.05, 3.63) is 33.5 Å².